The van der Waals surface area contributed by atoms with E-state index in [0.29, 0.717) is 13.0 Å². The Morgan fingerprint density at radius 1 is 1.37 bits per heavy atom. The standard InChI is InChI=1S/C14H16ClNO3/c1-14(12(15)17)8-5-9-16(14)13(18)19-10-11-6-3-2-4-7-11/h2-4,6-7H,5,8-10H2,1H3/t14-/m0/s1. The minimum Gasteiger partial charge on any atom is -0.445 e. The largest absolute Gasteiger partial charge is 0.445 e. The minimum atomic E-state index is -0.935. The second-order valence-corrected chi connectivity index (χ2v) is 5.19. The number of hydrogen-bond donors (Lipinski definition) is 0. The van der Waals surface area contributed by atoms with Gasteiger partial charge in [0.25, 0.3) is 0 Å². The Kier molecular flexibility index (Phi) is 4.10. The van der Waals surface area contributed by atoms with E-state index in [1.165, 1.54) is 4.90 Å². The number of carbonyl (C=O) groups excluding carboxylic acids is 2. The number of rotatable bonds is 3. The maximum absolute atomic E-state index is 12.0. The van der Waals surface area contributed by atoms with Gasteiger partial charge < -0.3 is 4.74 Å². The highest BCUT2D eigenvalue weighted by molar-refractivity contribution is 6.65. The fourth-order valence-electron chi connectivity index (χ4n) is 2.26. The molecule has 1 aliphatic rings. The van der Waals surface area contributed by atoms with Crippen LogP contribution in [0, 0.1) is 0 Å². The van der Waals surface area contributed by atoms with Gasteiger partial charge in [0.2, 0.25) is 5.24 Å². The molecule has 5 heteroatoms. The van der Waals surface area contributed by atoms with Gasteiger partial charge in [-0.1, -0.05) is 30.3 Å². The Labute approximate surface area is 117 Å². The van der Waals surface area contributed by atoms with Crippen LogP contribution >= 0.6 is 11.6 Å². The Morgan fingerprint density at radius 2 is 2.05 bits per heavy atom. The van der Waals surface area contributed by atoms with Crippen molar-refractivity contribution >= 4 is 22.9 Å². The summed E-state index contributed by atoms with van der Waals surface area (Å²) >= 11 is 5.59. The lowest BCUT2D eigenvalue weighted by Crippen LogP contribution is -2.49. The quantitative estimate of drug-likeness (QED) is 0.800. The molecule has 1 saturated heterocycles. The first-order chi connectivity index (χ1) is 9.04. The van der Waals surface area contributed by atoms with Crippen LogP contribution in [0.4, 0.5) is 4.79 Å². The van der Waals surface area contributed by atoms with Crippen LogP contribution in [0.15, 0.2) is 30.3 Å². The Balaban J connectivity index is 1.98. The van der Waals surface area contributed by atoms with Gasteiger partial charge in [0.1, 0.15) is 12.1 Å². The molecule has 2 rings (SSSR count). The van der Waals surface area contributed by atoms with Crippen LogP contribution < -0.4 is 0 Å². The third kappa shape index (κ3) is 2.89. The lowest BCUT2D eigenvalue weighted by Gasteiger charge is -2.30. The van der Waals surface area contributed by atoms with Crippen LogP contribution in [0.25, 0.3) is 0 Å². The van der Waals surface area contributed by atoms with Gasteiger partial charge in [0.15, 0.2) is 0 Å². The Hall–Kier alpha value is -1.55. The van der Waals surface area contributed by atoms with E-state index in [0.717, 1.165) is 12.0 Å². The molecule has 102 valence electrons. The van der Waals surface area contributed by atoms with Crippen molar-refractivity contribution in [3.8, 4) is 0 Å². The van der Waals surface area contributed by atoms with Crippen molar-refractivity contribution in [1.82, 2.24) is 4.90 Å². The van der Waals surface area contributed by atoms with E-state index in [9.17, 15) is 9.59 Å². The molecule has 1 aliphatic heterocycles. The predicted octanol–water partition coefficient (Wildman–Crippen LogP) is 2.94. The van der Waals surface area contributed by atoms with Gasteiger partial charge in [-0.15, -0.1) is 0 Å². The summed E-state index contributed by atoms with van der Waals surface area (Å²) in [7, 11) is 0. The van der Waals surface area contributed by atoms with Crippen molar-refractivity contribution in [3.63, 3.8) is 0 Å². The van der Waals surface area contributed by atoms with Gasteiger partial charge in [0.05, 0.1) is 0 Å². The zero-order chi connectivity index (χ0) is 13.9. The second kappa shape index (κ2) is 5.61. The van der Waals surface area contributed by atoms with Crippen LogP contribution in [0.5, 0.6) is 0 Å². The van der Waals surface area contributed by atoms with Gasteiger partial charge in [-0.05, 0) is 36.9 Å². The summed E-state index contributed by atoms with van der Waals surface area (Å²) in [6.45, 7) is 2.38. The smallest absolute Gasteiger partial charge is 0.410 e. The molecule has 0 saturated carbocycles. The van der Waals surface area contributed by atoms with Crippen molar-refractivity contribution in [2.45, 2.75) is 31.9 Å². The second-order valence-electron chi connectivity index (χ2n) is 4.84. The Bertz CT molecular complexity index is 477. The zero-order valence-corrected chi connectivity index (χ0v) is 11.5. The van der Waals surface area contributed by atoms with E-state index in [-0.39, 0.29) is 6.61 Å². The van der Waals surface area contributed by atoms with Crippen LogP contribution in [-0.4, -0.2) is 28.3 Å². The third-order valence-corrected chi connectivity index (χ3v) is 3.90. The molecule has 1 heterocycles. The SMILES string of the molecule is C[C@@]1(C(=O)Cl)CCCN1C(=O)OCc1ccccc1. The molecule has 0 aliphatic carbocycles. The van der Waals surface area contributed by atoms with E-state index >= 15 is 0 Å². The number of halogens is 1. The molecular weight excluding hydrogens is 266 g/mol. The summed E-state index contributed by atoms with van der Waals surface area (Å²) in [6, 6.07) is 9.41. The number of nitrogens with zero attached hydrogens (tertiary/aromatic N) is 1. The van der Waals surface area contributed by atoms with Crippen molar-refractivity contribution in [2.24, 2.45) is 0 Å². The molecule has 0 unspecified atom stereocenters. The molecule has 1 amide bonds. The number of carbonyl (C=O) groups is 2. The molecular formula is C14H16ClNO3. The minimum absolute atomic E-state index is 0.197. The summed E-state index contributed by atoms with van der Waals surface area (Å²) < 4.78 is 5.23. The first-order valence-corrected chi connectivity index (χ1v) is 6.60. The van der Waals surface area contributed by atoms with Gasteiger partial charge >= 0.3 is 6.09 Å². The zero-order valence-electron chi connectivity index (χ0n) is 10.8. The first-order valence-electron chi connectivity index (χ1n) is 6.22. The van der Waals surface area contributed by atoms with E-state index in [1.807, 2.05) is 30.3 Å². The highest BCUT2D eigenvalue weighted by Gasteiger charge is 2.45. The van der Waals surface area contributed by atoms with Gasteiger partial charge in [-0.25, -0.2) is 4.79 Å². The van der Waals surface area contributed by atoms with Gasteiger partial charge in [-0.2, -0.15) is 0 Å². The topological polar surface area (TPSA) is 46.6 Å². The molecule has 0 spiro atoms. The molecule has 0 aromatic heterocycles. The van der Waals surface area contributed by atoms with Crippen LogP contribution in [0.1, 0.15) is 25.3 Å². The van der Waals surface area contributed by atoms with Crippen molar-refractivity contribution in [3.05, 3.63) is 35.9 Å². The number of hydrogen-bond acceptors (Lipinski definition) is 3. The fraction of sp³-hybridized carbons (Fsp3) is 0.429. The van der Waals surface area contributed by atoms with Gasteiger partial charge in [0, 0.05) is 6.54 Å². The Morgan fingerprint density at radius 3 is 2.68 bits per heavy atom. The maximum atomic E-state index is 12.0. The predicted molar refractivity (Wildman–Crippen MR) is 71.8 cm³/mol. The lowest BCUT2D eigenvalue weighted by molar-refractivity contribution is -0.120. The molecule has 0 N–H and O–H groups in total. The van der Waals surface area contributed by atoms with Crippen molar-refractivity contribution < 1.29 is 14.3 Å². The molecule has 1 aromatic carbocycles. The number of amides is 1. The van der Waals surface area contributed by atoms with E-state index < -0.39 is 16.9 Å². The van der Waals surface area contributed by atoms with Crippen molar-refractivity contribution in [2.75, 3.05) is 6.54 Å². The van der Waals surface area contributed by atoms with Crippen molar-refractivity contribution in [1.29, 1.82) is 0 Å². The highest BCUT2D eigenvalue weighted by atomic mass is 35.5. The number of ether oxygens (including phenoxy) is 1. The lowest BCUT2D eigenvalue weighted by atomic mass is 10.0. The molecule has 1 atom stereocenters. The molecule has 0 radical (unpaired) electrons. The van der Waals surface area contributed by atoms with E-state index in [2.05, 4.69) is 0 Å². The summed E-state index contributed by atoms with van der Waals surface area (Å²) in [5, 5.41) is -0.512. The average molecular weight is 282 g/mol. The summed E-state index contributed by atoms with van der Waals surface area (Å²) in [5.41, 5.74) is -0.0241. The van der Waals surface area contributed by atoms with Crippen LogP contribution in [0.2, 0.25) is 0 Å². The fourth-order valence-corrected chi connectivity index (χ4v) is 2.45. The maximum Gasteiger partial charge on any atom is 0.410 e. The summed E-state index contributed by atoms with van der Waals surface area (Å²) in [6.07, 6.45) is 0.850. The normalized spacial score (nSPS) is 22.3. The van der Waals surface area contributed by atoms with E-state index in [4.69, 9.17) is 16.3 Å². The summed E-state index contributed by atoms with van der Waals surface area (Å²) in [5.74, 6) is 0. The number of benzene rings is 1. The van der Waals surface area contributed by atoms with Gasteiger partial charge in [-0.3, -0.25) is 9.69 Å². The van der Waals surface area contributed by atoms with Crippen LogP contribution in [0.3, 0.4) is 0 Å². The monoisotopic (exact) mass is 281 g/mol. The summed E-state index contributed by atoms with van der Waals surface area (Å²) in [4.78, 5) is 24.9. The number of likely N-dealkylation sites (tertiary alicyclic amines) is 1. The first kappa shape index (κ1) is 13.9. The molecule has 0 bridgehead atoms. The molecule has 4 nitrogen and oxygen atoms in total. The molecule has 1 aromatic rings. The third-order valence-electron chi connectivity index (χ3n) is 3.49. The van der Waals surface area contributed by atoms with Crippen LogP contribution in [-0.2, 0) is 16.1 Å². The molecule has 1 fully saturated rings. The molecule has 19 heavy (non-hydrogen) atoms. The average Bonchev–Trinajstić information content (AvgIpc) is 2.81. The highest BCUT2D eigenvalue weighted by Crippen LogP contribution is 2.31. The van der Waals surface area contributed by atoms with E-state index in [1.54, 1.807) is 6.92 Å².